The van der Waals surface area contributed by atoms with Gasteiger partial charge in [0.05, 0.1) is 5.69 Å². The van der Waals surface area contributed by atoms with Crippen LogP contribution in [0.15, 0.2) is 24.3 Å². The van der Waals surface area contributed by atoms with Gasteiger partial charge in [0.25, 0.3) is 0 Å². The van der Waals surface area contributed by atoms with Crippen LogP contribution in [0, 0.1) is 6.92 Å². The lowest BCUT2D eigenvalue weighted by Gasteiger charge is -2.08. The molecule has 1 aromatic heterocycles. The molecule has 0 aliphatic heterocycles. The molecule has 2 aromatic rings. The van der Waals surface area contributed by atoms with Gasteiger partial charge >= 0.3 is 6.03 Å². The Morgan fingerprint density at radius 3 is 2.73 bits per heavy atom. The van der Waals surface area contributed by atoms with Gasteiger partial charge in [0, 0.05) is 23.8 Å². The van der Waals surface area contributed by atoms with E-state index in [0.717, 1.165) is 0 Å². The van der Waals surface area contributed by atoms with Gasteiger partial charge < -0.3 is 10.6 Å². The smallest absolute Gasteiger partial charge is 0.319 e. The second-order valence-electron chi connectivity index (χ2n) is 4.66. The third-order valence-corrected chi connectivity index (χ3v) is 4.08. The van der Waals surface area contributed by atoms with Crippen LogP contribution < -0.4 is 10.6 Å². The second-order valence-corrected chi connectivity index (χ2v) is 5.83. The number of nitrogens with one attached hydrogen (secondary N) is 2. The molecule has 118 valence electrons. The van der Waals surface area contributed by atoms with E-state index in [1.54, 1.807) is 35.9 Å². The van der Waals surface area contributed by atoms with E-state index in [2.05, 4.69) is 15.7 Å². The number of amides is 2. The summed E-state index contributed by atoms with van der Waals surface area (Å²) in [6.07, 6.45) is 0.681. The molecule has 0 unspecified atom stereocenters. The minimum atomic E-state index is -0.289. The second kappa shape index (κ2) is 7.72. The number of nitrogens with zero attached hydrogens (tertiary/aromatic N) is 2. The Bertz CT molecular complexity index is 672. The molecule has 1 aromatic carbocycles. The van der Waals surface area contributed by atoms with Crippen molar-refractivity contribution in [1.82, 2.24) is 15.1 Å². The minimum Gasteiger partial charge on any atom is -0.338 e. The Hall–Kier alpha value is -1.43. The van der Waals surface area contributed by atoms with Gasteiger partial charge in [-0.2, -0.15) is 5.10 Å². The summed E-state index contributed by atoms with van der Waals surface area (Å²) in [5.41, 5.74) is 1.33. The van der Waals surface area contributed by atoms with E-state index in [9.17, 15) is 4.79 Å². The maximum atomic E-state index is 11.7. The summed E-state index contributed by atoms with van der Waals surface area (Å²) in [5, 5.41) is 11.1. The Labute approximate surface area is 143 Å². The Balaban J connectivity index is 1.74. The summed E-state index contributed by atoms with van der Waals surface area (Å²) in [6.45, 7) is 2.85. The Morgan fingerprint density at radius 2 is 2.09 bits per heavy atom. The highest BCUT2D eigenvalue weighted by Gasteiger charge is 2.10. The van der Waals surface area contributed by atoms with E-state index < -0.39 is 0 Å². The third-order valence-electron chi connectivity index (χ3n) is 2.91. The number of anilines is 1. The van der Waals surface area contributed by atoms with Crippen LogP contribution >= 0.6 is 34.8 Å². The third kappa shape index (κ3) is 4.53. The molecule has 0 aliphatic carbocycles. The van der Waals surface area contributed by atoms with Gasteiger partial charge in [0.2, 0.25) is 0 Å². The van der Waals surface area contributed by atoms with Crippen LogP contribution in [0.25, 0.3) is 0 Å². The molecule has 0 atom stereocenters. The predicted octanol–water partition coefficient (Wildman–Crippen LogP) is 4.36. The van der Waals surface area contributed by atoms with E-state index in [0.29, 0.717) is 46.1 Å². The van der Waals surface area contributed by atoms with Crippen molar-refractivity contribution < 1.29 is 4.79 Å². The molecular weight excluding hydrogens is 347 g/mol. The number of rotatable bonds is 5. The zero-order chi connectivity index (χ0) is 16.1. The van der Waals surface area contributed by atoms with Crippen molar-refractivity contribution in [2.24, 2.45) is 0 Å². The number of benzene rings is 1. The molecule has 0 spiro atoms. The Kier molecular flexibility index (Phi) is 5.94. The average Bonchev–Trinajstić information content (AvgIpc) is 2.71. The molecule has 0 saturated carbocycles. The highest BCUT2D eigenvalue weighted by atomic mass is 35.5. The number of hydrogen-bond donors (Lipinski definition) is 2. The zero-order valence-electron chi connectivity index (χ0n) is 11.9. The van der Waals surface area contributed by atoms with E-state index >= 15 is 0 Å². The fourth-order valence-electron chi connectivity index (χ4n) is 1.85. The molecule has 2 N–H and O–H groups in total. The van der Waals surface area contributed by atoms with Gasteiger partial charge in [-0.3, -0.25) is 4.68 Å². The number of carbonyl (C=O) groups is 1. The standard InChI is InChI=1S/C14H15Cl3N4O/c1-9-12(16)13(17)21(20-9)7-3-6-18-14(22)19-11-5-2-4-10(15)8-11/h2,4-5,8H,3,6-7H2,1H3,(H2,18,19,22). The largest absolute Gasteiger partial charge is 0.338 e. The van der Waals surface area contributed by atoms with Gasteiger partial charge in [-0.25, -0.2) is 4.79 Å². The molecule has 0 fully saturated rings. The molecule has 0 radical (unpaired) electrons. The number of urea groups is 1. The SMILES string of the molecule is Cc1nn(CCCNC(=O)Nc2cccc(Cl)c2)c(Cl)c1Cl. The maximum Gasteiger partial charge on any atom is 0.319 e. The van der Waals surface area contributed by atoms with Crippen molar-refractivity contribution in [2.75, 3.05) is 11.9 Å². The molecule has 2 amide bonds. The van der Waals surface area contributed by atoms with Crippen molar-refractivity contribution >= 4 is 46.5 Å². The van der Waals surface area contributed by atoms with E-state index in [1.807, 2.05) is 0 Å². The number of aromatic nitrogens is 2. The molecule has 0 aliphatic rings. The lowest BCUT2D eigenvalue weighted by molar-refractivity contribution is 0.251. The normalized spacial score (nSPS) is 10.5. The van der Waals surface area contributed by atoms with Gasteiger partial charge in [-0.1, -0.05) is 40.9 Å². The highest BCUT2D eigenvalue weighted by Crippen LogP contribution is 2.24. The van der Waals surface area contributed by atoms with Crippen LogP contribution in [-0.4, -0.2) is 22.4 Å². The first-order chi connectivity index (χ1) is 10.5. The van der Waals surface area contributed by atoms with E-state index in [-0.39, 0.29) is 6.03 Å². The predicted molar refractivity (Wildman–Crippen MR) is 90.1 cm³/mol. The number of carbonyl (C=O) groups excluding carboxylic acids is 1. The van der Waals surface area contributed by atoms with E-state index in [4.69, 9.17) is 34.8 Å². The molecule has 2 rings (SSSR count). The molecule has 1 heterocycles. The summed E-state index contributed by atoms with van der Waals surface area (Å²) in [6, 6.07) is 6.66. The fraction of sp³-hybridized carbons (Fsp3) is 0.286. The van der Waals surface area contributed by atoms with Crippen molar-refractivity contribution in [3.8, 4) is 0 Å². The van der Waals surface area contributed by atoms with Crippen molar-refractivity contribution in [3.63, 3.8) is 0 Å². The van der Waals surface area contributed by atoms with Crippen LogP contribution in [0.3, 0.4) is 0 Å². The average molecular weight is 362 g/mol. The molecule has 22 heavy (non-hydrogen) atoms. The summed E-state index contributed by atoms with van der Waals surface area (Å²) < 4.78 is 1.62. The van der Waals surface area contributed by atoms with Crippen LogP contribution in [0.2, 0.25) is 15.2 Å². The minimum absolute atomic E-state index is 0.289. The Morgan fingerprint density at radius 1 is 1.32 bits per heavy atom. The molecule has 5 nitrogen and oxygen atoms in total. The highest BCUT2D eigenvalue weighted by molar-refractivity contribution is 6.41. The summed E-state index contributed by atoms with van der Waals surface area (Å²) in [4.78, 5) is 11.7. The summed E-state index contributed by atoms with van der Waals surface area (Å²) in [7, 11) is 0. The quantitative estimate of drug-likeness (QED) is 0.777. The molecular formula is C14H15Cl3N4O. The first kappa shape index (κ1) is 16.9. The summed E-state index contributed by atoms with van der Waals surface area (Å²) in [5.74, 6) is 0. The zero-order valence-corrected chi connectivity index (χ0v) is 14.1. The monoisotopic (exact) mass is 360 g/mol. The van der Waals surface area contributed by atoms with Crippen molar-refractivity contribution in [2.45, 2.75) is 19.9 Å². The molecule has 0 bridgehead atoms. The lowest BCUT2D eigenvalue weighted by atomic mass is 10.3. The van der Waals surface area contributed by atoms with Gasteiger partial charge in [-0.05, 0) is 31.5 Å². The van der Waals surface area contributed by atoms with Crippen LogP contribution in [0.4, 0.5) is 10.5 Å². The molecule has 8 heteroatoms. The molecule has 0 saturated heterocycles. The number of hydrogen-bond acceptors (Lipinski definition) is 2. The summed E-state index contributed by atoms with van der Waals surface area (Å²) >= 11 is 17.8. The van der Waals surface area contributed by atoms with Crippen molar-refractivity contribution in [3.05, 3.63) is 45.2 Å². The first-order valence-electron chi connectivity index (χ1n) is 6.66. The number of halogens is 3. The van der Waals surface area contributed by atoms with Crippen molar-refractivity contribution in [1.29, 1.82) is 0 Å². The number of aryl methyl sites for hydroxylation is 2. The van der Waals surface area contributed by atoms with Gasteiger partial charge in [-0.15, -0.1) is 0 Å². The van der Waals surface area contributed by atoms with E-state index in [1.165, 1.54) is 0 Å². The van der Waals surface area contributed by atoms with Gasteiger partial charge in [0.1, 0.15) is 10.2 Å². The lowest BCUT2D eigenvalue weighted by Crippen LogP contribution is -2.30. The topological polar surface area (TPSA) is 59.0 Å². The van der Waals surface area contributed by atoms with Gasteiger partial charge in [0.15, 0.2) is 0 Å². The van der Waals surface area contributed by atoms with Crippen LogP contribution in [-0.2, 0) is 6.54 Å². The first-order valence-corrected chi connectivity index (χ1v) is 7.79. The van der Waals surface area contributed by atoms with Crippen LogP contribution in [0.5, 0.6) is 0 Å². The fourth-order valence-corrected chi connectivity index (χ4v) is 2.44. The maximum absolute atomic E-state index is 11.7. The van der Waals surface area contributed by atoms with Crippen LogP contribution in [0.1, 0.15) is 12.1 Å².